The number of phenolic OH excluding ortho intramolecular Hbond substituents is 1. The normalized spacial score (nSPS) is 10.8. The molecule has 0 radical (unpaired) electrons. The highest BCUT2D eigenvalue weighted by molar-refractivity contribution is 6.32. The van der Waals surface area contributed by atoms with E-state index in [4.69, 9.17) is 11.6 Å². The minimum atomic E-state index is 0.0946. The van der Waals surface area contributed by atoms with Crippen molar-refractivity contribution < 1.29 is 5.11 Å². The van der Waals surface area contributed by atoms with Gasteiger partial charge >= 0.3 is 0 Å². The van der Waals surface area contributed by atoms with Gasteiger partial charge < -0.3 is 5.11 Å². The summed E-state index contributed by atoms with van der Waals surface area (Å²) in [5.74, 6) is 0.0946. The van der Waals surface area contributed by atoms with Crippen LogP contribution in [0.4, 0.5) is 0 Å². The molecule has 0 saturated heterocycles. The van der Waals surface area contributed by atoms with Gasteiger partial charge in [0.2, 0.25) is 0 Å². The van der Waals surface area contributed by atoms with Crippen LogP contribution in [0.2, 0.25) is 5.02 Å². The lowest BCUT2D eigenvalue weighted by molar-refractivity contribution is 0.476. The first-order valence-electron chi connectivity index (χ1n) is 3.48. The minimum absolute atomic E-state index is 0.0946. The van der Waals surface area contributed by atoms with Crippen molar-refractivity contribution in [2.24, 2.45) is 7.05 Å². The number of fused-ring (bicyclic) bond motifs is 1. The van der Waals surface area contributed by atoms with E-state index in [1.54, 1.807) is 16.8 Å². The van der Waals surface area contributed by atoms with Crippen LogP contribution in [0.3, 0.4) is 0 Å². The summed E-state index contributed by atoms with van der Waals surface area (Å²) in [6.07, 6.45) is 1.82. The Balaban J connectivity index is 2.83. The molecule has 1 heterocycles. The Labute approximate surface area is 74.2 Å². The largest absolute Gasteiger partial charge is 0.506 e. The number of rotatable bonds is 0. The van der Waals surface area contributed by atoms with Crippen molar-refractivity contribution in [2.75, 3.05) is 0 Å². The summed E-state index contributed by atoms with van der Waals surface area (Å²) in [6.45, 7) is 0. The molecule has 1 aromatic carbocycles. The van der Waals surface area contributed by atoms with Crippen molar-refractivity contribution in [2.45, 2.75) is 0 Å². The third-order valence-corrected chi connectivity index (χ3v) is 1.99. The average Bonchev–Trinajstić information content (AvgIpc) is 2.30. The standard InChI is InChI=1S/C8H7ClN2O/c1-11-4-5-2-8(12)6(9)3-7(5)10-11/h2-4,12H,1H3. The van der Waals surface area contributed by atoms with E-state index in [0.717, 1.165) is 10.9 Å². The molecule has 0 amide bonds. The Kier molecular flexibility index (Phi) is 1.48. The average molecular weight is 183 g/mol. The van der Waals surface area contributed by atoms with Crippen LogP contribution >= 0.6 is 11.6 Å². The molecule has 0 bridgehead atoms. The molecule has 2 rings (SSSR count). The topological polar surface area (TPSA) is 38.0 Å². The summed E-state index contributed by atoms with van der Waals surface area (Å²) in [4.78, 5) is 0. The zero-order valence-corrected chi connectivity index (χ0v) is 7.21. The fourth-order valence-corrected chi connectivity index (χ4v) is 1.32. The van der Waals surface area contributed by atoms with Crippen molar-refractivity contribution in [1.82, 2.24) is 9.78 Å². The molecule has 1 aromatic heterocycles. The van der Waals surface area contributed by atoms with Gasteiger partial charge in [0.15, 0.2) is 0 Å². The SMILES string of the molecule is Cn1cc2cc(O)c(Cl)cc2n1. The molecule has 62 valence electrons. The van der Waals surface area contributed by atoms with Gasteiger partial charge in [0, 0.05) is 18.6 Å². The van der Waals surface area contributed by atoms with E-state index >= 15 is 0 Å². The monoisotopic (exact) mass is 182 g/mol. The van der Waals surface area contributed by atoms with E-state index in [-0.39, 0.29) is 5.75 Å². The number of aromatic nitrogens is 2. The van der Waals surface area contributed by atoms with E-state index in [2.05, 4.69) is 5.10 Å². The van der Waals surface area contributed by atoms with E-state index < -0.39 is 0 Å². The van der Waals surface area contributed by atoms with Gasteiger partial charge in [-0.15, -0.1) is 0 Å². The van der Waals surface area contributed by atoms with Crippen molar-refractivity contribution >= 4 is 22.5 Å². The van der Waals surface area contributed by atoms with Gasteiger partial charge in [-0.05, 0) is 12.1 Å². The van der Waals surface area contributed by atoms with Gasteiger partial charge in [-0.25, -0.2) is 0 Å². The molecule has 0 atom stereocenters. The van der Waals surface area contributed by atoms with E-state index in [1.807, 2.05) is 13.2 Å². The lowest BCUT2D eigenvalue weighted by Gasteiger charge is -1.93. The highest BCUT2D eigenvalue weighted by Gasteiger charge is 2.03. The third-order valence-electron chi connectivity index (χ3n) is 1.69. The molecule has 0 aliphatic heterocycles. The molecule has 2 aromatic rings. The van der Waals surface area contributed by atoms with E-state index in [1.165, 1.54) is 0 Å². The Morgan fingerprint density at radius 2 is 2.25 bits per heavy atom. The molecule has 1 N–H and O–H groups in total. The number of hydrogen-bond donors (Lipinski definition) is 1. The number of hydrogen-bond acceptors (Lipinski definition) is 2. The molecule has 0 aliphatic carbocycles. The van der Waals surface area contributed by atoms with Crippen LogP contribution < -0.4 is 0 Å². The Bertz CT molecular complexity index is 397. The van der Waals surface area contributed by atoms with Gasteiger partial charge in [-0.2, -0.15) is 5.10 Å². The van der Waals surface area contributed by atoms with Crippen molar-refractivity contribution in [3.05, 3.63) is 23.4 Å². The van der Waals surface area contributed by atoms with Crippen LogP contribution in [0.1, 0.15) is 0 Å². The first-order valence-corrected chi connectivity index (χ1v) is 3.86. The van der Waals surface area contributed by atoms with Crippen LogP contribution in [0.15, 0.2) is 18.3 Å². The highest BCUT2D eigenvalue weighted by Crippen LogP contribution is 2.27. The van der Waals surface area contributed by atoms with Crippen molar-refractivity contribution in [3.63, 3.8) is 0 Å². The number of nitrogens with zero attached hydrogens (tertiary/aromatic N) is 2. The summed E-state index contributed by atoms with van der Waals surface area (Å²) >= 11 is 5.70. The smallest absolute Gasteiger partial charge is 0.134 e. The Hall–Kier alpha value is -1.22. The van der Waals surface area contributed by atoms with Crippen LogP contribution in [-0.4, -0.2) is 14.9 Å². The zero-order chi connectivity index (χ0) is 8.72. The van der Waals surface area contributed by atoms with Crippen LogP contribution in [0, 0.1) is 0 Å². The number of aromatic hydroxyl groups is 1. The zero-order valence-electron chi connectivity index (χ0n) is 6.45. The number of benzene rings is 1. The van der Waals surface area contributed by atoms with Crippen molar-refractivity contribution in [3.8, 4) is 5.75 Å². The minimum Gasteiger partial charge on any atom is -0.506 e. The van der Waals surface area contributed by atoms with Gasteiger partial charge in [0.25, 0.3) is 0 Å². The lowest BCUT2D eigenvalue weighted by Crippen LogP contribution is -1.84. The summed E-state index contributed by atoms with van der Waals surface area (Å²) in [6, 6.07) is 3.25. The van der Waals surface area contributed by atoms with E-state index in [9.17, 15) is 5.11 Å². The molecular formula is C8H7ClN2O. The molecule has 4 heteroatoms. The fraction of sp³-hybridized carbons (Fsp3) is 0.125. The maximum atomic E-state index is 9.26. The summed E-state index contributed by atoms with van der Waals surface area (Å²) in [5, 5.41) is 14.6. The predicted molar refractivity (Wildman–Crippen MR) is 47.4 cm³/mol. The number of phenols is 1. The lowest BCUT2D eigenvalue weighted by atomic mass is 10.2. The maximum Gasteiger partial charge on any atom is 0.134 e. The summed E-state index contributed by atoms with van der Waals surface area (Å²) in [5.41, 5.74) is 0.792. The van der Waals surface area contributed by atoms with Gasteiger partial charge in [-0.3, -0.25) is 4.68 Å². The van der Waals surface area contributed by atoms with Gasteiger partial charge in [-0.1, -0.05) is 11.6 Å². The second kappa shape index (κ2) is 2.38. The molecule has 0 saturated carbocycles. The number of aryl methyl sites for hydroxylation is 1. The second-order valence-electron chi connectivity index (χ2n) is 2.67. The molecule has 0 unspecified atom stereocenters. The third kappa shape index (κ3) is 1.02. The summed E-state index contributed by atoms with van der Waals surface area (Å²) in [7, 11) is 1.82. The van der Waals surface area contributed by atoms with Crippen molar-refractivity contribution in [1.29, 1.82) is 0 Å². The first kappa shape index (κ1) is 7.43. The second-order valence-corrected chi connectivity index (χ2v) is 3.07. The molecule has 0 fully saturated rings. The van der Waals surface area contributed by atoms with Gasteiger partial charge in [0.1, 0.15) is 5.75 Å². The number of halogens is 1. The molecule has 12 heavy (non-hydrogen) atoms. The Morgan fingerprint density at radius 3 is 3.00 bits per heavy atom. The Morgan fingerprint density at radius 1 is 1.50 bits per heavy atom. The van der Waals surface area contributed by atoms with Crippen LogP contribution in [0.25, 0.3) is 10.9 Å². The summed E-state index contributed by atoms with van der Waals surface area (Å²) < 4.78 is 1.68. The fourth-order valence-electron chi connectivity index (χ4n) is 1.16. The quantitative estimate of drug-likeness (QED) is 0.676. The predicted octanol–water partition coefficient (Wildman–Crippen LogP) is 1.93. The first-order chi connectivity index (χ1) is 5.66. The maximum absolute atomic E-state index is 9.26. The van der Waals surface area contributed by atoms with E-state index in [0.29, 0.717) is 5.02 Å². The molecule has 0 aliphatic rings. The van der Waals surface area contributed by atoms with Crippen LogP contribution in [0.5, 0.6) is 5.75 Å². The van der Waals surface area contributed by atoms with Crippen LogP contribution in [-0.2, 0) is 7.05 Å². The molecule has 0 spiro atoms. The molecule has 3 nitrogen and oxygen atoms in total. The van der Waals surface area contributed by atoms with Gasteiger partial charge in [0.05, 0.1) is 10.5 Å². The molecular weight excluding hydrogens is 176 g/mol. The highest BCUT2D eigenvalue weighted by atomic mass is 35.5.